The third kappa shape index (κ3) is 8.55. The normalized spacial score (nSPS) is 24.3. The highest BCUT2D eigenvalue weighted by molar-refractivity contribution is 5.31. The summed E-state index contributed by atoms with van der Waals surface area (Å²) in [5, 5.41) is 0. The number of halogens is 2. The van der Waals surface area contributed by atoms with E-state index in [4.69, 9.17) is 4.74 Å². The van der Waals surface area contributed by atoms with Crippen molar-refractivity contribution in [2.45, 2.75) is 129 Å². The molecule has 0 unspecified atom stereocenters. The molecule has 4 rings (SSSR count). The number of rotatable bonds is 13. The molecule has 1 nitrogen and oxygen atoms in total. The minimum absolute atomic E-state index is 0.0770. The summed E-state index contributed by atoms with van der Waals surface area (Å²) >= 11 is 0. The van der Waals surface area contributed by atoms with Crippen LogP contribution in [0.15, 0.2) is 48.5 Å². The van der Waals surface area contributed by atoms with E-state index in [2.05, 4.69) is 13.8 Å². The van der Waals surface area contributed by atoms with Crippen molar-refractivity contribution in [3.8, 4) is 5.75 Å². The Morgan fingerprint density at radius 2 is 1.24 bits per heavy atom. The van der Waals surface area contributed by atoms with Crippen LogP contribution in [0.1, 0.15) is 133 Å². The zero-order valence-electron chi connectivity index (χ0n) is 23.9. The number of unbranched alkanes of at least 4 members (excludes halogenated alkanes) is 2. The van der Waals surface area contributed by atoms with E-state index in [1.807, 2.05) is 24.3 Å². The Labute approximate surface area is 230 Å². The molecule has 0 N–H and O–H groups in total. The van der Waals surface area contributed by atoms with E-state index in [0.717, 1.165) is 36.2 Å². The first-order valence-electron chi connectivity index (χ1n) is 15.7. The van der Waals surface area contributed by atoms with Gasteiger partial charge < -0.3 is 4.74 Å². The van der Waals surface area contributed by atoms with Crippen molar-refractivity contribution in [2.24, 2.45) is 17.8 Å². The Balaban J connectivity index is 1.23. The molecule has 38 heavy (non-hydrogen) atoms. The van der Waals surface area contributed by atoms with Gasteiger partial charge in [-0.3, -0.25) is 0 Å². The van der Waals surface area contributed by atoms with Crippen LogP contribution in [0.25, 0.3) is 0 Å². The van der Waals surface area contributed by atoms with Crippen LogP contribution in [0.4, 0.5) is 8.78 Å². The van der Waals surface area contributed by atoms with E-state index in [9.17, 15) is 8.78 Å². The summed E-state index contributed by atoms with van der Waals surface area (Å²) in [5.41, 5.74) is 2.33. The lowest BCUT2D eigenvalue weighted by atomic mass is 9.77. The molecule has 2 fully saturated rings. The Morgan fingerprint density at radius 3 is 1.84 bits per heavy atom. The molecule has 0 amide bonds. The van der Waals surface area contributed by atoms with Crippen LogP contribution in [0, 0.1) is 17.8 Å². The van der Waals surface area contributed by atoms with Gasteiger partial charge in [0, 0.05) is 0 Å². The van der Waals surface area contributed by atoms with Crippen molar-refractivity contribution in [2.75, 3.05) is 0 Å². The first kappa shape index (κ1) is 29.1. The highest BCUT2D eigenvalue weighted by Gasteiger charge is 2.34. The van der Waals surface area contributed by atoms with E-state index in [1.165, 1.54) is 95.5 Å². The largest absolute Gasteiger partial charge is 0.429 e. The van der Waals surface area contributed by atoms with Crippen molar-refractivity contribution in [1.29, 1.82) is 0 Å². The van der Waals surface area contributed by atoms with Gasteiger partial charge in [0.2, 0.25) is 0 Å². The fourth-order valence-electron chi connectivity index (χ4n) is 6.94. The van der Waals surface area contributed by atoms with Gasteiger partial charge in [-0.25, -0.2) is 0 Å². The molecule has 3 heteroatoms. The lowest BCUT2D eigenvalue weighted by Gasteiger charge is -2.29. The van der Waals surface area contributed by atoms with Crippen molar-refractivity contribution in [1.82, 2.24) is 0 Å². The molecule has 0 aromatic heterocycles. The first-order valence-corrected chi connectivity index (χ1v) is 15.7. The van der Waals surface area contributed by atoms with Gasteiger partial charge in [-0.05, 0) is 97.6 Å². The highest BCUT2D eigenvalue weighted by atomic mass is 19.3. The van der Waals surface area contributed by atoms with E-state index in [1.54, 1.807) is 24.3 Å². The van der Waals surface area contributed by atoms with Gasteiger partial charge in [-0.15, -0.1) is 0 Å². The van der Waals surface area contributed by atoms with Gasteiger partial charge in [0.25, 0.3) is 0 Å². The van der Waals surface area contributed by atoms with Crippen molar-refractivity contribution in [3.05, 3.63) is 65.2 Å². The number of aryl methyl sites for hydroxylation is 1. The van der Waals surface area contributed by atoms with Crippen molar-refractivity contribution in [3.63, 3.8) is 0 Å². The molecule has 0 radical (unpaired) electrons. The van der Waals surface area contributed by atoms with Gasteiger partial charge >= 0.3 is 6.11 Å². The standard InChI is InChI=1S/C35H50F2O/c1-3-5-6-8-28-15-19-31(20-16-28)32-21-25-34(26-22-32)38-35(36,37)33-23-17-30(18-24-33)14-13-29-11-9-27(7-4-2)10-12-29/h17-18,21-29,31H,3-16,19-20H2,1-2H3. The fraction of sp³-hybridized carbons (Fsp3) is 0.657. The molecular formula is C35H50F2O. The van der Waals surface area contributed by atoms with Gasteiger partial charge in [0.15, 0.2) is 0 Å². The summed E-state index contributed by atoms with van der Waals surface area (Å²) in [6.07, 6.45) is 17.2. The Morgan fingerprint density at radius 1 is 0.658 bits per heavy atom. The predicted molar refractivity (Wildman–Crippen MR) is 155 cm³/mol. The second-order valence-corrected chi connectivity index (χ2v) is 12.3. The van der Waals surface area contributed by atoms with Gasteiger partial charge in [0.05, 0.1) is 5.56 Å². The smallest absolute Gasteiger partial charge is 0.426 e. The maximum absolute atomic E-state index is 15.0. The molecule has 0 spiro atoms. The lowest BCUT2D eigenvalue weighted by molar-refractivity contribution is -0.185. The quantitative estimate of drug-likeness (QED) is 0.237. The van der Waals surface area contributed by atoms with E-state index >= 15 is 0 Å². The van der Waals surface area contributed by atoms with Gasteiger partial charge in [-0.1, -0.05) is 102 Å². The molecule has 210 valence electrons. The van der Waals surface area contributed by atoms with Crippen LogP contribution >= 0.6 is 0 Å². The monoisotopic (exact) mass is 524 g/mol. The molecule has 0 aliphatic heterocycles. The van der Waals surface area contributed by atoms with E-state index < -0.39 is 6.11 Å². The van der Waals surface area contributed by atoms with Crippen molar-refractivity contribution >= 4 is 0 Å². The zero-order valence-corrected chi connectivity index (χ0v) is 23.9. The Kier molecular flexibility index (Phi) is 11.1. The predicted octanol–water partition coefficient (Wildman–Crippen LogP) is 11.2. The van der Waals surface area contributed by atoms with Crippen LogP contribution in [-0.4, -0.2) is 0 Å². The molecule has 2 saturated carbocycles. The first-order chi connectivity index (χ1) is 18.5. The van der Waals surface area contributed by atoms with Crippen LogP contribution in [0.2, 0.25) is 0 Å². The van der Waals surface area contributed by atoms with Crippen LogP contribution in [0.5, 0.6) is 5.75 Å². The molecule has 0 heterocycles. The van der Waals surface area contributed by atoms with Crippen LogP contribution in [0.3, 0.4) is 0 Å². The van der Waals surface area contributed by atoms with E-state index in [0.29, 0.717) is 5.92 Å². The zero-order chi connectivity index (χ0) is 26.8. The highest BCUT2D eigenvalue weighted by Crippen LogP contribution is 2.39. The summed E-state index contributed by atoms with van der Waals surface area (Å²) in [4.78, 5) is 0. The Bertz CT molecular complexity index is 919. The summed E-state index contributed by atoms with van der Waals surface area (Å²) < 4.78 is 35.1. The second-order valence-electron chi connectivity index (χ2n) is 12.3. The minimum Gasteiger partial charge on any atom is -0.429 e. The maximum atomic E-state index is 15.0. The summed E-state index contributed by atoms with van der Waals surface area (Å²) in [7, 11) is 0. The third-order valence-corrected chi connectivity index (χ3v) is 9.45. The molecular weight excluding hydrogens is 474 g/mol. The molecule has 0 atom stereocenters. The van der Waals surface area contributed by atoms with Gasteiger partial charge in [0.1, 0.15) is 5.75 Å². The molecule has 2 aromatic rings. The molecule has 0 bridgehead atoms. The topological polar surface area (TPSA) is 9.23 Å². The number of hydrogen-bond acceptors (Lipinski definition) is 1. The molecule has 2 aromatic carbocycles. The maximum Gasteiger partial charge on any atom is 0.426 e. The van der Waals surface area contributed by atoms with Crippen LogP contribution < -0.4 is 4.74 Å². The minimum atomic E-state index is -3.34. The summed E-state index contributed by atoms with van der Waals surface area (Å²) in [5.74, 6) is 3.36. The Hall–Kier alpha value is -1.90. The molecule has 2 aliphatic rings. The third-order valence-electron chi connectivity index (χ3n) is 9.45. The number of alkyl halides is 2. The average molecular weight is 525 g/mol. The average Bonchev–Trinajstić information content (AvgIpc) is 2.94. The summed E-state index contributed by atoms with van der Waals surface area (Å²) in [6, 6.07) is 14.2. The SMILES string of the molecule is CCCCCC1CCC(c2ccc(OC(F)(F)c3ccc(CCC4CCC(CCC)CC4)cc3)cc2)CC1. The van der Waals surface area contributed by atoms with E-state index in [-0.39, 0.29) is 11.3 Å². The second kappa shape index (κ2) is 14.5. The molecule has 2 aliphatic carbocycles. The number of ether oxygens (including phenoxy) is 1. The van der Waals surface area contributed by atoms with Crippen LogP contribution in [-0.2, 0) is 12.5 Å². The number of hydrogen-bond donors (Lipinski definition) is 0. The van der Waals surface area contributed by atoms with Gasteiger partial charge in [-0.2, -0.15) is 8.78 Å². The number of benzene rings is 2. The summed E-state index contributed by atoms with van der Waals surface area (Å²) in [6.45, 7) is 4.54. The lowest BCUT2D eigenvalue weighted by Crippen LogP contribution is -2.22. The fourth-order valence-corrected chi connectivity index (χ4v) is 6.94. The molecule has 0 saturated heterocycles. The van der Waals surface area contributed by atoms with Crippen molar-refractivity contribution < 1.29 is 13.5 Å².